The maximum absolute atomic E-state index is 3.97. The molecule has 0 heterocycles. The molecule has 0 bridgehead atoms. The highest BCUT2D eigenvalue weighted by molar-refractivity contribution is 6.08. The van der Waals surface area contributed by atoms with Gasteiger partial charge in [-0.25, -0.2) is 0 Å². The molecule has 0 aromatic rings. The molecule has 0 radical (unpaired) electrons. The van der Waals surface area contributed by atoms with Crippen LogP contribution in [0, 0.1) is 5.41 Å². The predicted molar refractivity (Wildman–Crippen MR) is 135 cm³/mol. The molecular formula is C27H52Si. The van der Waals surface area contributed by atoms with E-state index in [1.165, 1.54) is 119 Å². The zero-order valence-electron chi connectivity index (χ0n) is 19.5. The molecule has 0 unspecified atom stereocenters. The lowest BCUT2D eigenvalue weighted by atomic mass is 9.74. The summed E-state index contributed by atoms with van der Waals surface area (Å²) < 4.78 is 0. The Hall–Kier alpha value is -0.563. The third kappa shape index (κ3) is 16.4. The monoisotopic (exact) mass is 404 g/mol. The van der Waals surface area contributed by atoms with Crippen LogP contribution in [-0.2, 0) is 0 Å². The zero-order valence-corrected chi connectivity index (χ0v) is 21.5. The normalized spacial score (nSPS) is 11.6. The second-order valence-electron chi connectivity index (χ2n) is 9.03. The molecule has 0 saturated heterocycles. The second-order valence-corrected chi connectivity index (χ2v) is 10.0. The number of rotatable bonds is 23. The highest BCUT2D eigenvalue weighted by Crippen LogP contribution is 2.38. The topological polar surface area (TPSA) is 0 Å². The Balaban J connectivity index is 3.49. The van der Waals surface area contributed by atoms with Crippen LogP contribution in [0.3, 0.4) is 0 Å². The summed E-state index contributed by atoms with van der Waals surface area (Å²) in [7, 11) is 1.40. The average Bonchev–Trinajstić information content (AvgIpc) is 2.68. The van der Waals surface area contributed by atoms with E-state index in [9.17, 15) is 0 Å². The molecular weight excluding hydrogens is 352 g/mol. The summed E-state index contributed by atoms with van der Waals surface area (Å²) in [5.74, 6) is 0. The van der Waals surface area contributed by atoms with Crippen LogP contribution in [0.2, 0.25) is 6.04 Å². The van der Waals surface area contributed by atoms with Gasteiger partial charge in [0.2, 0.25) is 0 Å². The Bertz CT molecular complexity index is 331. The molecule has 0 fully saturated rings. The standard InChI is InChI=1S/C27H52Si/c1-4-22-27(23-5-2,24-6-3)25-20-18-16-14-12-10-8-7-9-11-13-15-17-19-21-26-28/h4-6H,1-3,7-26H2,28H3. The van der Waals surface area contributed by atoms with Gasteiger partial charge in [0, 0.05) is 10.2 Å². The zero-order chi connectivity index (χ0) is 20.8. The fourth-order valence-electron chi connectivity index (χ4n) is 4.52. The van der Waals surface area contributed by atoms with Crippen LogP contribution in [0.4, 0.5) is 0 Å². The number of allylic oxidation sites excluding steroid dienone is 3. The summed E-state index contributed by atoms with van der Waals surface area (Å²) in [5, 5.41) is 0. The van der Waals surface area contributed by atoms with Gasteiger partial charge in [-0.05, 0) is 31.1 Å². The predicted octanol–water partition coefficient (Wildman–Crippen LogP) is 8.73. The fourth-order valence-corrected chi connectivity index (χ4v) is 5.02. The summed E-state index contributed by atoms with van der Waals surface area (Å²) >= 11 is 0. The smallest absolute Gasteiger partial charge is 0.00279 e. The van der Waals surface area contributed by atoms with Crippen molar-refractivity contribution in [3.63, 3.8) is 0 Å². The third-order valence-electron chi connectivity index (χ3n) is 6.29. The van der Waals surface area contributed by atoms with Gasteiger partial charge in [-0.15, -0.1) is 19.7 Å². The molecule has 0 N–H and O–H groups in total. The largest absolute Gasteiger partial charge is 0.103 e. The van der Waals surface area contributed by atoms with Crippen molar-refractivity contribution in [2.75, 3.05) is 0 Å². The fraction of sp³-hybridized carbons (Fsp3) is 0.778. The molecule has 0 aliphatic heterocycles. The minimum absolute atomic E-state index is 0.336. The van der Waals surface area contributed by atoms with Gasteiger partial charge >= 0.3 is 0 Å². The van der Waals surface area contributed by atoms with E-state index in [0.29, 0.717) is 5.41 Å². The van der Waals surface area contributed by atoms with E-state index in [0.717, 1.165) is 19.3 Å². The van der Waals surface area contributed by atoms with Crippen molar-refractivity contribution < 1.29 is 0 Å². The van der Waals surface area contributed by atoms with E-state index in [4.69, 9.17) is 0 Å². The first-order valence-corrected chi connectivity index (χ1v) is 14.0. The molecule has 0 saturated carbocycles. The van der Waals surface area contributed by atoms with E-state index in [1.807, 2.05) is 0 Å². The van der Waals surface area contributed by atoms with Gasteiger partial charge in [0.25, 0.3) is 0 Å². The summed E-state index contributed by atoms with van der Waals surface area (Å²) in [6.45, 7) is 11.9. The number of hydrogen-bond acceptors (Lipinski definition) is 0. The lowest BCUT2D eigenvalue weighted by Gasteiger charge is -2.31. The molecule has 0 amide bonds. The van der Waals surface area contributed by atoms with E-state index in [2.05, 4.69) is 38.0 Å². The highest BCUT2D eigenvalue weighted by atomic mass is 28.1. The lowest BCUT2D eigenvalue weighted by Crippen LogP contribution is -2.18. The molecule has 0 spiro atoms. The minimum Gasteiger partial charge on any atom is -0.103 e. The Kier molecular flexibility index (Phi) is 20.7. The number of unbranched alkanes of at least 4 members (excludes halogenated alkanes) is 14. The summed E-state index contributed by atoms with van der Waals surface area (Å²) in [6, 6.07) is 1.50. The minimum atomic E-state index is 0.336. The van der Waals surface area contributed by atoms with Crippen LogP contribution >= 0.6 is 0 Å². The number of hydrogen-bond donors (Lipinski definition) is 0. The lowest BCUT2D eigenvalue weighted by molar-refractivity contribution is 0.260. The van der Waals surface area contributed by atoms with Crippen molar-refractivity contribution in [3.05, 3.63) is 38.0 Å². The van der Waals surface area contributed by atoms with Crippen molar-refractivity contribution in [1.82, 2.24) is 0 Å². The van der Waals surface area contributed by atoms with Gasteiger partial charge in [-0.2, -0.15) is 0 Å². The second kappa shape index (κ2) is 21.2. The van der Waals surface area contributed by atoms with Gasteiger partial charge in [0.15, 0.2) is 0 Å². The SMILES string of the molecule is C=CCC(CC=C)(CC=C)CCCCCCCCCCCCCCCCC[SiH3]. The van der Waals surface area contributed by atoms with Crippen molar-refractivity contribution in [1.29, 1.82) is 0 Å². The van der Waals surface area contributed by atoms with Gasteiger partial charge in [-0.3, -0.25) is 0 Å². The van der Waals surface area contributed by atoms with Crippen LogP contribution < -0.4 is 0 Å². The molecule has 0 aromatic heterocycles. The Morgan fingerprint density at radius 1 is 0.464 bits per heavy atom. The van der Waals surface area contributed by atoms with E-state index in [-0.39, 0.29) is 0 Å². The van der Waals surface area contributed by atoms with Gasteiger partial charge in [-0.1, -0.05) is 121 Å². The quantitative estimate of drug-likeness (QED) is 0.0907. The van der Waals surface area contributed by atoms with Crippen LogP contribution in [0.25, 0.3) is 0 Å². The maximum atomic E-state index is 3.97. The Morgan fingerprint density at radius 2 is 0.750 bits per heavy atom. The molecule has 0 rings (SSSR count). The molecule has 0 atom stereocenters. The molecule has 0 nitrogen and oxygen atoms in total. The summed E-state index contributed by atoms with van der Waals surface area (Å²) in [6.07, 6.45) is 32.6. The van der Waals surface area contributed by atoms with Crippen LogP contribution in [0.1, 0.15) is 122 Å². The Labute approximate surface area is 181 Å². The first-order chi connectivity index (χ1) is 13.7. The van der Waals surface area contributed by atoms with Crippen LogP contribution in [-0.4, -0.2) is 10.2 Å². The van der Waals surface area contributed by atoms with E-state index in [1.54, 1.807) is 0 Å². The summed E-state index contributed by atoms with van der Waals surface area (Å²) in [4.78, 5) is 0. The first kappa shape index (κ1) is 27.4. The van der Waals surface area contributed by atoms with Crippen LogP contribution in [0.5, 0.6) is 0 Å². The van der Waals surface area contributed by atoms with Gasteiger partial charge < -0.3 is 0 Å². The molecule has 0 aliphatic rings. The van der Waals surface area contributed by atoms with Crippen molar-refractivity contribution in [2.45, 2.75) is 128 Å². The highest BCUT2D eigenvalue weighted by Gasteiger charge is 2.25. The molecule has 28 heavy (non-hydrogen) atoms. The first-order valence-electron chi connectivity index (χ1n) is 12.6. The molecule has 0 aliphatic carbocycles. The third-order valence-corrected chi connectivity index (χ3v) is 7.00. The van der Waals surface area contributed by atoms with Gasteiger partial charge in [0.1, 0.15) is 0 Å². The average molecular weight is 405 g/mol. The Morgan fingerprint density at radius 3 is 1.04 bits per heavy atom. The molecule has 0 aromatic carbocycles. The van der Waals surface area contributed by atoms with Crippen molar-refractivity contribution in [2.24, 2.45) is 5.41 Å². The molecule has 164 valence electrons. The van der Waals surface area contributed by atoms with E-state index >= 15 is 0 Å². The van der Waals surface area contributed by atoms with Gasteiger partial charge in [0.05, 0.1) is 0 Å². The van der Waals surface area contributed by atoms with Crippen LogP contribution in [0.15, 0.2) is 38.0 Å². The van der Waals surface area contributed by atoms with E-state index < -0.39 is 0 Å². The summed E-state index contributed by atoms with van der Waals surface area (Å²) in [5.41, 5.74) is 0.336. The van der Waals surface area contributed by atoms with Crippen molar-refractivity contribution >= 4 is 10.2 Å². The van der Waals surface area contributed by atoms with Crippen molar-refractivity contribution in [3.8, 4) is 0 Å². The maximum Gasteiger partial charge on any atom is 0.00279 e. The molecule has 1 heteroatoms.